The lowest BCUT2D eigenvalue weighted by Gasteiger charge is -2.12. The molecule has 1 heterocycles. The summed E-state index contributed by atoms with van der Waals surface area (Å²) in [6.07, 6.45) is 0. The van der Waals surface area contributed by atoms with Crippen LogP contribution < -0.4 is 14.2 Å². The Labute approximate surface area is 134 Å². The van der Waals surface area contributed by atoms with Crippen molar-refractivity contribution >= 4 is 11.8 Å². The molecule has 120 valence electrons. The molecule has 0 spiro atoms. The molecule has 0 aliphatic rings. The van der Waals surface area contributed by atoms with E-state index >= 15 is 0 Å². The summed E-state index contributed by atoms with van der Waals surface area (Å²) >= 11 is 1.54. The number of rotatable bonds is 7. The molecular formula is C15H20N2O4S. The van der Waals surface area contributed by atoms with E-state index in [2.05, 4.69) is 24.0 Å². The highest BCUT2D eigenvalue weighted by molar-refractivity contribution is 7.99. The maximum atomic E-state index is 5.68. The van der Waals surface area contributed by atoms with Gasteiger partial charge in [0.05, 0.1) is 21.3 Å². The zero-order valence-electron chi connectivity index (χ0n) is 13.4. The van der Waals surface area contributed by atoms with Gasteiger partial charge in [-0.3, -0.25) is 0 Å². The molecule has 0 aliphatic carbocycles. The fraction of sp³-hybridized carbons (Fsp3) is 0.467. The van der Waals surface area contributed by atoms with E-state index in [-0.39, 0.29) is 0 Å². The van der Waals surface area contributed by atoms with Gasteiger partial charge in [-0.05, 0) is 18.1 Å². The highest BCUT2D eigenvalue weighted by Gasteiger charge is 2.17. The number of aromatic nitrogens is 2. The molecule has 2 rings (SSSR count). The zero-order valence-corrected chi connectivity index (χ0v) is 14.2. The predicted molar refractivity (Wildman–Crippen MR) is 85.0 cm³/mol. The molecule has 0 atom stereocenters. The molecule has 2 aromatic rings. The molecule has 0 fully saturated rings. The van der Waals surface area contributed by atoms with Crippen molar-refractivity contribution in [3.8, 4) is 28.7 Å². The second kappa shape index (κ2) is 7.40. The Hall–Kier alpha value is -1.89. The van der Waals surface area contributed by atoms with Gasteiger partial charge in [0.2, 0.25) is 11.6 Å². The van der Waals surface area contributed by atoms with Gasteiger partial charge >= 0.3 is 0 Å². The van der Waals surface area contributed by atoms with Crippen LogP contribution in [0.5, 0.6) is 17.2 Å². The van der Waals surface area contributed by atoms with E-state index < -0.39 is 0 Å². The number of nitrogens with zero attached hydrogens (tertiary/aromatic N) is 2. The van der Waals surface area contributed by atoms with Crippen molar-refractivity contribution in [1.29, 1.82) is 0 Å². The highest BCUT2D eigenvalue weighted by atomic mass is 32.2. The number of hydrogen-bond acceptors (Lipinski definition) is 7. The van der Waals surface area contributed by atoms with Gasteiger partial charge in [0.1, 0.15) is 0 Å². The fourth-order valence-corrected chi connectivity index (χ4v) is 2.54. The van der Waals surface area contributed by atoms with Crippen LogP contribution in [0.1, 0.15) is 13.8 Å². The Morgan fingerprint density at radius 1 is 1.05 bits per heavy atom. The van der Waals surface area contributed by atoms with Crippen molar-refractivity contribution < 1.29 is 18.6 Å². The van der Waals surface area contributed by atoms with Crippen LogP contribution in [0.3, 0.4) is 0 Å². The van der Waals surface area contributed by atoms with Crippen LogP contribution in [0, 0.1) is 5.92 Å². The molecule has 6 nitrogen and oxygen atoms in total. The Morgan fingerprint density at radius 2 is 1.68 bits per heavy atom. The van der Waals surface area contributed by atoms with Gasteiger partial charge in [0.15, 0.2) is 11.5 Å². The third-order valence-corrected chi connectivity index (χ3v) is 4.10. The zero-order chi connectivity index (χ0) is 16.1. The number of methoxy groups -OCH3 is 3. The number of ether oxygens (including phenoxy) is 3. The minimum absolute atomic E-state index is 0.422. The van der Waals surface area contributed by atoms with Gasteiger partial charge in [-0.15, -0.1) is 10.2 Å². The summed E-state index contributed by atoms with van der Waals surface area (Å²) in [6.45, 7) is 4.28. The standard InChI is InChI=1S/C15H20N2O4S/c1-9(2)8-22-15-17-16-14(21-15)10-6-11(18-3)13(20-5)12(7-10)19-4/h6-7,9H,8H2,1-5H3. The summed E-state index contributed by atoms with van der Waals surface area (Å²) in [7, 11) is 4.70. The highest BCUT2D eigenvalue weighted by Crippen LogP contribution is 2.41. The maximum Gasteiger partial charge on any atom is 0.276 e. The normalized spacial score (nSPS) is 10.8. The first-order valence-electron chi connectivity index (χ1n) is 6.85. The van der Waals surface area contributed by atoms with E-state index in [9.17, 15) is 0 Å². The lowest BCUT2D eigenvalue weighted by Crippen LogP contribution is -1.95. The van der Waals surface area contributed by atoms with Gasteiger partial charge in [0, 0.05) is 11.3 Å². The minimum atomic E-state index is 0.422. The van der Waals surface area contributed by atoms with Gasteiger partial charge in [-0.25, -0.2) is 0 Å². The van der Waals surface area contributed by atoms with Crippen molar-refractivity contribution in [3.05, 3.63) is 12.1 Å². The Balaban J connectivity index is 2.32. The van der Waals surface area contributed by atoms with E-state index in [0.717, 1.165) is 11.3 Å². The molecule has 0 unspecified atom stereocenters. The molecule has 0 saturated heterocycles. The van der Waals surface area contributed by atoms with E-state index in [1.165, 1.54) is 0 Å². The molecular weight excluding hydrogens is 304 g/mol. The first kappa shape index (κ1) is 16.5. The first-order chi connectivity index (χ1) is 10.6. The molecule has 22 heavy (non-hydrogen) atoms. The largest absolute Gasteiger partial charge is 0.493 e. The maximum absolute atomic E-state index is 5.68. The molecule has 0 saturated carbocycles. The summed E-state index contributed by atoms with van der Waals surface area (Å²) in [5, 5.41) is 8.69. The lowest BCUT2D eigenvalue weighted by molar-refractivity contribution is 0.324. The molecule has 0 amide bonds. The predicted octanol–water partition coefficient (Wildman–Crippen LogP) is 3.51. The molecule has 0 bridgehead atoms. The lowest BCUT2D eigenvalue weighted by atomic mass is 10.2. The van der Waals surface area contributed by atoms with Crippen LogP contribution in [-0.4, -0.2) is 37.3 Å². The van der Waals surface area contributed by atoms with E-state index in [1.54, 1.807) is 45.2 Å². The fourth-order valence-electron chi connectivity index (χ4n) is 1.83. The van der Waals surface area contributed by atoms with Gasteiger partial charge in [0.25, 0.3) is 5.22 Å². The Morgan fingerprint density at radius 3 is 2.18 bits per heavy atom. The van der Waals surface area contributed by atoms with Crippen molar-refractivity contribution in [1.82, 2.24) is 10.2 Å². The van der Waals surface area contributed by atoms with E-state index in [0.29, 0.717) is 34.3 Å². The first-order valence-corrected chi connectivity index (χ1v) is 7.84. The van der Waals surface area contributed by atoms with Crippen LogP contribution in [-0.2, 0) is 0 Å². The smallest absolute Gasteiger partial charge is 0.276 e. The molecule has 0 N–H and O–H groups in total. The monoisotopic (exact) mass is 324 g/mol. The minimum Gasteiger partial charge on any atom is -0.493 e. The molecule has 0 aliphatic heterocycles. The van der Waals surface area contributed by atoms with Crippen LogP contribution in [0.15, 0.2) is 21.8 Å². The van der Waals surface area contributed by atoms with E-state index in [4.69, 9.17) is 18.6 Å². The second-order valence-electron chi connectivity index (χ2n) is 4.99. The number of thioether (sulfide) groups is 1. The second-order valence-corrected chi connectivity index (χ2v) is 5.96. The summed E-state index contributed by atoms with van der Waals surface area (Å²) in [5.41, 5.74) is 0.721. The van der Waals surface area contributed by atoms with Crippen molar-refractivity contribution in [2.24, 2.45) is 5.92 Å². The van der Waals surface area contributed by atoms with Gasteiger partial charge in [-0.1, -0.05) is 25.6 Å². The average molecular weight is 324 g/mol. The Bertz CT molecular complexity index is 603. The Kier molecular flexibility index (Phi) is 5.54. The topological polar surface area (TPSA) is 66.6 Å². The molecule has 1 aromatic heterocycles. The van der Waals surface area contributed by atoms with Crippen molar-refractivity contribution in [2.45, 2.75) is 19.1 Å². The van der Waals surface area contributed by atoms with Crippen molar-refractivity contribution in [3.63, 3.8) is 0 Å². The number of hydrogen-bond donors (Lipinski definition) is 0. The number of benzene rings is 1. The van der Waals surface area contributed by atoms with E-state index in [1.807, 2.05) is 0 Å². The van der Waals surface area contributed by atoms with Gasteiger partial charge in [-0.2, -0.15) is 0 Å². The van der Waals surface area contributed by atoms with Gasteiger partial charge < -0.3 is 18.6 Å². The summed E-state index contributed by atoms with van der Waals surface area (Å²) < 4.78 is 21.6. The van der Waals surface area contributed by atoms with Crippen LogP contribution in [0.4, 0.5) is 0 Å². The molecule has 0 radical (unpaired) electrons. The summed E-state index contributed by atoms with van der Waals surface area (Å²) in [6, 6.07) is 3.57. The third-order valence-electron chi connectivity index (χ3n) is 2.86. The summed E-state index contributed by atoms with van der Waals surface area (Å²) in [5.74, 6) is 3.53. The molecule has 7 heteroatoms. The quantitative estimate of drug-likeness (QED) is 0.722. The van der Waals surface area contributed by atoms with Crippen LogP contribution in [0.2, 0.25) is 0 Å². The SMILES string of the molecule is COc1cc(-c2nnc(SCC(C)C)o2)cc(OC)c1OC. The van der Waals surface area contributed by atoms with Crippen LogP contribution >= 0.6 is 11.8 Å². The summed E-state index contributed by atoms with van der Waals surface area (Å²) in [4.78, 5) is 0. The molecule has 1 aromatic carbocycles. The van der Waals surface area contributed by atoms with Crippen molar-refractivity contribution in [2.75, 3.05) is 27.1 Å². The average Bonchev–Trinajstić information content (AvgIpc) is 3.00. The van der Waals surface area contributed by atoms with Crippen LogP contribution in [0.25, 0.3) is 11.5 Å². The third kappa shape index (κ3) is 3.65.